The molecule has 6 nitrogen and oxygen atoms in total. The smallest absolute Gasteiger partial charge is 0.212 e. The van der Waals surface area contributed by atoms with Crippen molar-refractivity contribution in [2.75, 3.05) is 6.61 Å². The first-order valence-electron chi connectivity index (χ1n) is 12.5. The van der Waals surface area contributed by atoms with Gasteiger partial charge in [0.05, 0.1) is 24.4 Å². The van der Waals surface area contributed by atoms with Crippen molar-refractivity contribution in [3.05, 3.63) is 99.3 Å². The molecule has 1 aliphatic rings. The molecule has 4 rings (SSSR count). The number of Topliss-reactive ketones (excluding diaryl/α,β-unsaturated/α-hetero) is 1. The summed E-state index contributed by atoms with van der Waals surface area (Å²) < 4.78 is 6.70. The van der Waals surface area contributed by atoms with Crippen LogP contribution in [0.1, 0.15) is 71.9 Å². The van der Waals surface area contributed by atoms with Gasteiger partial charge in [0.2, 0.25) is 6.41 Å². The number of ketones is 1. The molecule has 1 aromatic heterocycles. The summed E-state index contributed by atoms with van der Waals surface area (Å²) in [5, 5.41) is 9.68. The van der Waals surface area contributed by atoms with Gasteiger partial charge in [0.15, 0.2) is 11.5 Å². The lowest BCUT2D eigenvalue weighted by molar-refractivity contribution is -0.160. The van der Waals surface area contributed by atoms with E-state index in [1.807, 2.05) is 45.0 Å². The third-order valence-corrected chi connectivity index (χ3v) is 6.53. The fourth-order valence-corrected chi connectivity index (χ4v) is 4.29. The van der Waals surface area contributed by atoms with Gasteiger partial charge < -0.3 is 9.64 Å². The molecule has 192 valence electrons. The normalized spacial score (nSPS) is 13.9. The van der Waals surface area contributed by atoms with Crippen LogP contribution in [0.15, 0.2) is 60.8 Å². The Bertz CT molecular complexity index is 1260. The molecule has 7 heteroatoms. The van der Waals surface area contributed by atoms with Crippen molar-refractivity contribution in [3.63, 3.8) is 0 Å². The maximum Gasteiger partial charge on any atom is 0.212 e. The second-order valence-electron chi connectivity index (χ2n) is 8.87. The first-order valence-corrected chi connectivity index (χ1v) is 12.8. The zero-order valence-electron chi connectivity index (χ0n) is 21.7. The van der Waals surface area contributed by atoms with E-state index in [1.165, 1.54) is 13.1 Å². The number of carbonyl (C=O) groups is 2. The Morgan fingerprint density at radius 1 is 1.19 bits per heavy atom. The highest BCUT2D eigenvalue weighted by molar-refractivity contribution is 6.30. The fourth-order valence-electron chi connectivity index (χ4n) is 4.16. The number of nitriles is 1. The Hall–Kier alpha value is -3.53. The molecule has 0 aliphatic heterocycles. The van der Waals surface area contributed by atoms with Gasteiger partial charge in [0.1, 0.15) is 6.07 Å². The minimum Gasteiger partial charge on any atom is -0.347 e. The van der Waals surface area contributed by atoms with E-state index in [9.17, 15) is 9.59 Å². The van der Waals surface area contributed by atoms with Crippen molar-refractivity contribution in [1.82, 2.24) is 9.88 Å². The van der Waals surface area contributed by atoms with E-state index in [1.54, 1.807) is 35.2 Å². The highest BCUT2D eigenvalue weighted by Crippen LogP contribution is 2.42. The van der Waals surface area contributed by atoms with E-state index in [0.29, 0.717) is 34.4 Å². The Morgan fingerprint density at radius 2 is 1.89 bits per heavy atom. The summed E-state index contributed by atoms with van der Waals surface area (Å²) >= 11 is 6.21. The topological polar surface area (TPSA) is 83.3 Å². The fraction of sp³-hybridized carbons (Fsp3) is 0.333. The van der Waals surface area contributed by atoms with Crippen molar-refractivity contribution in [1.29, 1.82) is 5.26 Å². The van der Waals surface area contributed by atoms with E-state index >= 15 is 0 Å². The van der Waals surface area contributed by atoms with Crippen LogP contribution in [0.4, 0.5) is 0 Å². The van der Waals surface area contributed by atoms with Crippen molar-refractivity contribution in [3.8, 4) is 6.07 Å². The van der Waals surface area contributed by atoms with Gasteiger partial charge in [-0.25, -0.2) is 0 Å². The lowest BCUT2D eigenvalue weighted by Crippen LogP contribution is -2.49. The van der Waals surface area contributed by atoms with Crippen LogP contribution in [0.25, 0.3) is 0 Å². The molecular formula is C30H32ClN3O3. The Balaban J connectivity index is 0.00000186. The number of rotatable bonds is 10. The van der Waals surface area contributed by atoms with Crippen LogP contribution in [0, 0.1) is 24.2 Å². The average molecular weight is 518 g/mol. The van der Waals surface area contributed by atoms with Crippen LogP contribution in [-0.2, 0) is 21.8 Å². The third-order valence-electron chi connectivity index (χ3n) is 6.28. The molecule has 1 fully saturated rings. The van der Waals surface area contributed by atoms with E-state index in [4.69, 9.17) is 21.6 Å². The maximum atomic E-state index is 12.7. The number of nitrogens with zero attached hydrogens (tertiary/aromatic N) is 3. The number of amides is 1. The predicted molar refractivity (Wildman–Crippen MR) is 144 cm³/mol. The minimum atomic E-state index is -1.27. The molecule has 1 amide bonds. The molecule has 1 unspecified atom stereocenters. The lowest BCUT2D eigenvalue weighted by atomic mass is 9.88. The highest BCUT2D eigenvalue weighted by Gasteiger charge is 2.44. The monoisotopic (exact) mass is 517 g/mol. The molecule has 2 aromatic carbocycles. The third kappa shape index (κ3) is 6.43. The van der Waals surface area contributed by atoms with Crippen LogP contribution < -0.4 is 0 Å². The lowest BCUT2D eigenvalue weighted by Gasteiger charge is -2.43. The van der Waals surface area contributed by atoms with Gasteiger partial charge >= 0.3 is 0 Å². The van der Waals surface area contributed by atoms with Gasteiger partial charge in [-0.05, 0) is 68.5 Å². The first kappa shape index (κ1) is 28.0. The number of benzene rings is 2. The second-order valence-corrected chi connectivity index (χ2v) is 9.31. The summed E-state index contributed by atoms with van der Waals surface area (Å²) in [7, 11) is 0. The van der Waals surface area contributed by atoms with E-state index in [2.05, 4.69) is 11.1 Å². The molecular weight excluding hydrogens is 486 g/mol. The SMILES string of the molecule is CC.CC(=O)c1ccc(C(OCC2CC2)(c2ccc(Cl)cc2)N(C=O)Cc2ccc(C#N)cn2)c(C)c1. The van der Waals surface area contributed by atoms with Gasteiger partial charge in [-0.3, -0.25) is 14.6 Å². The largest absolute Gasteiger partial charge is 0.347 e. The first-order chi connectivity index (χ1) is 17.9. The summed E-state index contributed by atoms with van der Waals surface area (Å²) in [5.74, 6) is 0.393. The van der Waals surface area contributed by atoms with Crippen LogP contribution in [0.3, 0.4) is 0 Å². The predicted octanol–water partition coefficient (Wildman–Crippen LogP) is 6.43. The molecule has 0 bridgehead atoms. The number of hydrogen-bond donors (Lipinski definition) is 0. The molecule has 0 saturated heterocycles. The molecule has 0 spiro atoms. The van der Waals surface area contributed by atoms with Crippen LogP contribution >= 0.6 is 11.6 Å². The number of pyridine rings is 1. The standard InChI is InChI=1S/C28H26ClN3O3.C2H6/c1-19-13-23(20(2)34)6-12-27(19)28(35-17-21-3-4-21,24-7-9-25(29)10-8-24)32(18-33)16-26-11-5-22(14-30)15-31-26;1-2/h5-13,15,18,21H,3-4,16-17H2,1-2H3;1-2H3. The maximum absolute atomic E-state index is 12.7. The molecule has 1 atom stereocenters. The van der Waals surface area contributed by atoms with Crippen molar-refractivity contribution in [2.24, 2.45) is 5.92 Å². The number of halogens is 1. The van der Waals surface area contributed by atoms with E-state index in [0.717, 1.165) is 35.9 Å². The summed E-state index contributed by atoms with van der Waals surface area (Å²) in [4.78, 5) is 30.7. The summed E-state index contributed by atoms with van der Waals surface area (Å²) in [5.41, 5.74) is 2.68. The van der Waals surface area contributed by atoms with Crippen molar-refractivity contribution in [2.45, 2.75) is 52.8 Å². The molecule has 0 radical (unpaired) electrons. The summed E-state index contributed by atoms with van der Waals surface area (Å²) in [6.07, 6.45) is 4.41. The average Bonchev–Trinajstić information content (AvgIpc) is 3.75. The number of carbonyl (C=O) groups excluding carboxylic acids is 2. The van der Waals surface area contributed by atoms with Crippen LogP contribution in [0.5, 0.6) is 0 Å². The number of ether oxygens (including phenoxy) is 1. The Kier molecular flexibility index (Phi) is 9.57. The zero-order chi connectivity index (χ0) is 27.0. The minimum absolute atomic E-state index is 0.0373. The van der Waals surface area contributed by atoms with Gasteiger partial charge in [-0.15, -0.1) is 0 Å². The Labute approximate surface area is 223 Å². The quantitative estimate of drug-likeness (QED) is 0.176. The summed E-state index contributed by atoms with van der Waals surface area (Å²) in [6, 6.07) is 18.2. The van der Waals surface area contributed by atoms with Gasteiger partial charge in [0, 0.05) is 27.9 Å². The van der Waals surface area contributed by atoms with E-state index in [-0.39, 0.29) is 12.3 Å². The van der Waals surface area contributed by atoms with E-state index < -0.39 is 5.72 Å². The summed E-state index contributed by atoms with van der Waals surface area (Å²) in [6.45, 7) is 8.06. The molecule has 1 saturated carbocycles. The molecule has 1 heterocycles. The number of hydrogen-bond acceptors (Lipinski definition) is 5. The number of aromatic nitrogens is 1. The van der Waals surface area contributed by atoms with Crippen LogP contribution in [-0.4, -0.2) is 28.7 Å². The van der Waals surface area contributed by atoms with Crippen LogP contribution in [0.2, 0.25) is 5.02 Å². The van der Waals surface area contributed by atoms with Crippen molar-refractivity contribution < 1.29 is 14.3 Å². The second kappa shape index (κ2) is 12.6. The van der Waals surface area contributed by atoms with Gasteiger partial charge in [0.25, 0.3) is 0 Å². The van der Waals surface area contributed by atoms with Crippen molar-refractivity contribution >= 4 is 23.8 Å². The molecule has 37 heavy (non-hydrogen) atoms. The molecule has 0 N–H and O–H groups in total. The molecule has 1 aliphatic carbocycles. The zero-order valence-corrected chi connectivity index (χ0v) is 22.5. The van der Waals surface area contributed by atoms with Gasteiger partial charge in [-0.1, -0.05) is 49.7 Å². The molecule has 3 aromatic rings. The Morgan fingerprint density at radius 3 is 2.41 bits per heavy atom. The number of aryl methyl sites for hydroxylation is 1. The highest BCUT2D eigenvalue weighted by atomic mass is 35.5. The van der Waals surface area contributed by atoms with Gasteiger partial charge in [-0.2, -0.15) is 5.26 Å².